The smallest absolute Gasteiger partial charge is 0.0786 e. The Bertz CT molecular complexity index is 364. The van der Waals surface area contributed by atoms with Crippen LogP contribution < -0.4 is 0 Å². The maximum absolute atomic E-state index is 3.88. The van der Waals surface area contributed by atoms with Crippen LogP contribution in [-0.2, 0) is 0 Å². The van der Waals surface area contributed by atoms with Gasteiger partial charge in [0.05, 0.1) is 26.2 Å². The Labute approximate surface area is 209 Å². The molecule has 1 heteroatoms. The Morgan fingerprint density at radius 3 is 0.727 bits per heavy atom. The first kappa shape index (κ1) is 31.9. The summed E-state index contributed by atoms with van der Waals surface area (Å²) in [6.45, 7) is 21.1. The molecule has 192 valence electrons. The molecule has 0 aromatic heterocycles. The fourth-order valence-electron chi connectivity index (χ4n) is 5.03. The van der Waals surface area contributed by atoms with Crippen LogP contribution in [0.25, 0.3) is 0 Å². The monoisotopic (exact) mass is 458 g/mol. The maximum atomic E-state index is 3.88. The molecule has 0 bridgehead atoms. The molecule has 0 fully saturated rings. The van der Waals surface area contributed by atoms with E-state index in [1.165, 1.54) is 159 Å². The lowest BCUT2D eigenvalue weighted by molar-refractivity contribution is -0.929. The topological polar surface area (TPSA) is 0 Å². The fraction of sp³-hybridized carbons (Fsp3) is 0.750. The average Bonchev–Trinajstić information content (AvgIpc) is 2.83. The molecular weight excluding hydrogens is 398 g/mol. The van der Waals surface area contributed by atoms with E-state index >= 15 is 0 Å². The number of unbranched alkanes of at least 4 members (excludes halogenated alkanes) is 16. The summed E-state index contributed by atoms with van der Waals surface area (Å²) in [6.07, 6.45) is 35.0. The average molecular weight is 459 g/mol. The lowest BCUT2D eigenvalue weighted by Gasteiger charge is -2.39. The van der Waals surface area contributed by atoms with Gasteiger partial charge in [0.1, 0.15) is 0 Å². The lowest BCUT2D eigenvalue weighted by Crippen LogP contribution is -2.50. The van der Waals surface area contributed by atoms with Crippen molar-refractivity contribution in [1.82, 2.24) is 0 Å². The molecule has 0 saturated heterocycles. The molecule has 0 rings (SSSR count). The predicted molar refractivity (Wildman–Crippen MR) is 153 cm³/mol. The van der Waals surface area contributed by atoms with Gasteiger partial charge in [-0.25, -0.2) is 0 Å². The minimum absolute atomic E-state index is 1.18. The van der Waals surface area contributed by atoms with Crippen LogP contribution in [0.15, 0.2) is 50.6 Å². The van der Waals surface area contributed by atoms with Gasteiger partial charge in [-0.2, -0.15) is 0 Å². The van der Waals surface area contributed by atoms with Crippen LogP contribution in [0.3, 0.4) is 0 Å². The molecular formula is C32H60N+. The Morgan fingerprint density at radius 1 is 0.303 bits per heavy atom. The highest BCUT2D eigenvalue weighted by atomic mass is 15.3. The molecule has 33 heavy (non-hydrogen) atoms. The second-order valence-electron chi connectivity index (χ2n) is 10.2. The van der Waals surface area contributed by atoms with Crippen molar-refractivity contribution in [2.24, 2.45) is 0 Å². The van der Waals surface area contributed by atoms with E-state index in [1.807, 2.05) is 0 Å². The summed E-state index contributed by atoms with van der Waals surface area (Å²) < 4.78 is 1.39. The zero-order valence-corrected chi connectivity index (χ0v) is 22.6. The van der Waals surface area contributed by atoms with E-state index in [0.717, 1.165) is 0 Å². The van der Waals surface area contributed by atoms with E-state index in [9.17, 15) is 0 Å². The Kier molecular flexibility index (Phi) is 24.7. The van der Waals surface area contributed by atoms with Gasteiger partial charge in [-0.15, -0.1) is 26.3 Å². The summed E-state index contributed by atoms with van der Waals surface area (Å²) in [6, 6.07) is 0. The van der Waals surface area contributed by atoms with Gasteiger partial charge in [0, 0.05) is 0 Å². The predicted octanol–water partition coefficient (Wildman–Crippen LogP) is 10.3. The Hall–Kier alpha value is -1.08. The number of nitrogens with zero attached hydrogens (tertiary/aromatic N) is 1. The number of hydrogen-bond donors (Lipinski definition) is 0. The summed E-state index contributed by atoms with van der Waals surface area (Å²) in [5, 5.41) is 0. The van der Waals surface area contributed by atoms with Gasteiger partial charge in [-0.3, -0.25) is 0 Å². The van der Waals surface area contributed by atoms with Gasteiger partial charge in [-0.1, -0.05) is 50.0 Å². The van der Waals surface area contributed by atoms with Crippen LogP contribution in [0.5, 0.6) is 0 Å². The first-order chi connectivity index (χ1) is 16.2. The van der Waals surface area contributed by atoms with E-state index in [2.05, 4.69) is 50.6 Å². The van der Waals surface area contributed by atoms with Crippen LogP contribution >= 0.6 is 0 Å². The van der Waals surface area contributed by atoms with E-state index < -0.39 is 0 Å². The van der Waals surface area contributed by atoms with Crippen LogP contribution in [0.1, 0.15) is 128 Å². The molecule has 0 N–H and O–H groups in total. The van der Waals surface area contributed by atoms with Gasteiger partial charge >= 0.3 is 0 Å². The number of allylic oxidation sites excluding steroid dienone is 4. The fourth-order valence-corrected chi connectivity index (χ4v) is 5.03. The van der Waals surface area contributed by atoms with Crippen molar-refractivity contribution < 1.29 is 4.48 Å². The molecule has 0 radical (unpaired) electrons. The van der Waals surface area contributed by atoms with Crippen LogP contribution in [0, 0.1) is 0 Å². The quantitative estimate of drug-likeness (QED) is 0.0621. The number of hydrogen-bond acceptors (Lipinski definition) is 0. The second kappa shape index (κ2) is 25.5. The molecule has 0 aliphatic carbocycles. The first-order valence-corrected chi connectivity index (χ1v) is 14.5. The third kappa shape index (κ3) is 21.2. The summed E-state index contributed by atoms with van der Waals surface area (Å²) in [5.74, 6) is 0. The van der Waals surface area contributed by atoms with E-state index in [-0.39, 0.29) is 0 Å². The van der Waals surface area contributed by atoms with Gasteiger partial charge in [0.15, 0.2) is 0 Å². The zero-order valence-electron chi connectivity index (χ0n) is 22.6. The number of rotatable bonds is 28. The summed E-state index contributed by atoms with van der Waals surface area (Å²) in [4.78, 5) is 0. The zero-order chi connectivity index (χ0) is 24.3. The van der Waals surface area contributed by atoms with Crippen molar-refractivity contribution in [3.8, 4) is 0 Å². The normalized spacial score (nSPS) is 11.4. The SMILES string of the molecule is C=CCCCCCC[N+](CCCCCCC=C)(CCCCCCC=C)CCCCCCC=C. The van der Waals surface area contributed by atoms with E-state index in [1.54, 1.807) is 0 Å². The van der Waals surface area contributed by atoms with Crippen molar-refractivity contribution in [3.05, 3.63) is 50.6 Å². The molecule has 0 saturated carbocycles. The standard InChI is InChI=1S/C32H60N/c1-5-9-13-17-21-25-29-33(30-26-22-18-14-10-6-2,31-27-23-19-15-11-7-3)32-28-24-20-16-12-8-4/h5-8H,1-4,9-32H2/q+1. The Morgan fingerprint density at radius 2 is 0.515 bits per heavy atom. The van der Waals surface area contributed by atoms with Crippen LogP contribution in [0.2, 0.25) is 0 Å². The minimum atomic E-state index is 1.18. The van der Waals surface area contributed by atoms with Gasteiger partial charge in [0.25, 0.3) is 0 Å². The lowest BCUT2D eigenvalue weighted by atomic mass is 10.0. The van der Waals surface area contributed by atoms with Gasteiger partial charge in [-0.05, 0) is 103 Å². The van der Waals surface area contributed by atoms with Crippen LogP contribution in [0.4, 0.5) is 0 Å². The molecule has 0 aromatic carbocycles. The van der Waals surface area contributed by atoms with Crippen molar-refractivity contribution in [3.63, 3.8) is 0 Å². The molecule has 0 aromatic rings. The van der Waals surface area contributed by atoms with Crippen molar-refractivity contribution in [2.75, 3.05) is 26.2 Å². The van der Waals surface area contributed by atoms with Crippen molar-refractivity contribution >= 4 is 0 Å². The Balaban J connectivity index is 4.80. The minimum Gasteiger partial charge on any atom is -0.324 e. The summed E-state index contributed by atoms with van der Waals surface area (Å²) >= 11 is 0. The highest BCUT2D eigenvalue weighted by Crippen LogP contribution is 2.20. The van der Waals surface area contributed by atoms with Gasteiger partial charge < -0.3 is 4.48 Å². The van der Waals surface area contributed by atoms with E-state index in [4.69, 9.17) is 0 Å². The molecule has 0 aliphatic rings. The highest BCUT2D eigenvalue weighted by molar-refractivity contribution is 4.67. The summed E-state index contributed by atoms with van der Waals surface area (Å²) in [5.41, 5.74) is 0. The number of quaternary nitrogens is 1. The molecule has 1 nitrogen and oxygen atoms in total. The maximum Gasteiger partial charge on any atom is 0.0786 e. The van der Waals surface area contributed by atoms with Crippen molar-refractivity contribution in [2.45, 2.75) is 128 Å². The molecule has 0 spiro atoms. The molecule has 0 heterocycles. The van der Waals surface area contributed by atoms with E-state index in [0.29, 0.717) is 0 Å². The molecule has 0 aliphatic heterocycles. The first-order valence-electron chi connectivity index (χ1n) is 14.5. The molecule has 0 amide bonds. The highest BCUT2D eigenvalue weighted by Gasteiger charge is 2.25. The third-order valence-electron chi connectivity index (χ3n) is 7.16. The molecule has 0 atom stereocenters. The molecule has 0 unspecified atom stereocenters. The summed E-state index contributed by atoms with van der Waals surface area (Å²) in [7, 11) is 0. The second-order valence-corrected chi connectivity index (χ2v) is 10.2. The van der Waals surface area contributed by atoms with Crippen LogP contribution in [-0.4, -0.2) is 30.7 Å². The third-order valence-corrected chi connectivity index (χ3v) is 7.16. The largest absolute Gasteiger partial charge is 0.324 e. The van der Waals surface area contributed by atoms with Crippen molar-refractivity contribution in [1.29, 1.82) is 0 Å². The van der Waals surface area contributed by atoms with Gasteiger partial charge in [0.2, 0.25) is 0 Å².